The lowest BCUT2D eigenvalue weighted by Crippen LogP contribution is -2.45. The lowest BCUT2D eigenvalue weighted by molar-refractivity contribution is -0.384. The molecule has 3 aromatic carbocycles. The minimum atomic E-state index is -1.12. The summed E-state index contributed by atoms with van der Waals surface area (Å²) in [4.78, 5) is 47.6. The first-order valence-corrected chi connectivity index (χ1v) is 9.94. The number of carbonyl (C=O) groups is 3. The van der Waals surface area contributed by atoms with Gasteiger partial charge in [0, 0.05) is 24.1 Å². The Bertz CT molecular complexity index is 1130. The second-order valence-corrected chi connectivity index (χ2v) is 6.93. The van der Waals surface area contributed by atoms with Crippen LogP contribution in [0.1, 0.15) is 15.9 Å². The second kappa shape index (κ2) is 11.2. The summed E-state index contributed by atoms with van der Waals surface area (Å²) < 4.78 is 10.3. The minimum absolute atomic E-state index is 0.0352. The maximum Gasteiger partial charge on any atom is 0.413 e. The normalized spacial score (nSPS) is 11.2. The van der Waals surface area contributed by atoms with E-state index in [0.29, 0.717) is 5.75 Å². The molecule has 0 heterocycles. The zero-order valence-electron chi connectivity index (χ0n) is 17.4. The van der Waals surface area contributed by atoms with E-state index in [1.807, 2.05) is 6.07 Å². The third-order valence-electron chi connectivity index (χ3n) is 4.54. The van der Waals surface area contributed by atoms with Crippen molar-refractivity contribution < 1.29 is 28.8 Å². The Kier molecular flexibility index (Phi) is 7.85. The van der Waals surface area contributed by atoms with Crippen LogP contribution in [0.5, 0.6) is 5.75 Å². The van der Waals surface area contributed by atoms with E-state index in [0.717, 1.165) is 11.6 Å². The van der Waals surface area contributed by atoms with Gasteiger partial charge in [-0.3, -0.25) is 14.9 Å². The molecule has 1 atom stereocenters. The van der Waals surface area contributed by atoms with Crippen LogP contribution in [0.3, 0.4) is 0 Å². The van der Waals surface area contributed by atoms with Crippen molar-refractivity contribution in [2.45, 2.75) is 12.5 Å². The predicted molar refractivity (Wildman–Crippen MR) is 118 cm³/mol. The van der Waals surface area contributed by atoms with Gasteiger partial charge in [-0.25, -0.2) is 9.59 Å². The van der Waals surface area contributed by atoms with E-state index in [-0.39, 0.29) is 17.7 Å². The monoisotopic (exact) mass is 448 g/mol. The molecular weight excluding hydrogens is 428 g/mol. The van der Waals surface area contributed by atoms with Gasteiger partial charge in [0.15, 0.2) is 6.61 Å². The fraction of sp³-hybridized carbons (Fsp3) is 0.125. The third kappa shape index (κ3) is 7.00. The van der Waals surface area contributed by atoms with Crippen LogP contribution in [0.15, 0.2) is 84.9 Å². The summed E-state index contributed by atoms with van der Waals surface area (Å²) in [5, 5.41) is 13.4. The lowest BCUT2D eigenvalue weighted by Gasteiger charge is -2.17. The fourth-order valence-electron chi connectivity index (χ4n) is 2.92. The van der Waals surface area contributed by atoms with E-state index < -0.39 is 35.4 Å². The number of non-ortho nitro benzene ring substituents is 1. The number of rotatable bonds is 9. The van der Waals surface area contributed by atoms with E-state index in [1.54, 1.807) is 54.6 Å². The number of esters is 1. The molecule has 3 rings (SSSR count). The molecule has 0 aromatic heterocycles. The molecule has 0 aliphatic rings. The van der Waals surface area contributed by atoms with Gasteiger partial charge in [-0.05, 0) is 17.7 Å². The molecule has 168 valence electrons. The molecule has 0 fully saturated rings. The Balaban J connectivity index is 1.66. The van der Waals surface area contributed by atoms with E-state index in [4.69, 9.17) is 9.47 Å². The van der Waals surface area contributed by atoms with Crippen LogP contribution in [-0.4, -0.2) is 35.4 Å². The Hall–Kier alpha value is -4.53. The van der Waals surface area contributed by atoms with Gasteiger partial charge in [0.25, 0.3) is 5.69 Å². The maximum absolute atomic E-state index is 12.7. The van der Waals surface area contributed by atoms with Crippen molar-refractivity contribution in [3.63, 3.8) is 0 Å². The zero-order valence-corrected chi connectivity index (χ0v) is 17.4. The molecule has 9 nitrogen and oxygen atoms in total. The van der Waals surface area contributed by atoms with Crippen LogP contribution in [0.4, 0.5) is 10.5 Å². The van der Waals surface area contributed by atoms with Crippen molar-refractivity contribution in [2.75, 3.05) is 6.61 Å². The van der Waals surface area contributed by atoms with Crippen LogP contribution >= 0.6 is 0 Å². The molecule has 1 amide bonds. The first kappa shape index (κ1) is 23.1. The summed E-state index contributed by atoms with van der Waals surface area (Å²) in [6, 6.07) is 21.2. The molecule has 9 heteroatoms. The molecule has 0 aliphatic carbocycles. The van der Waals surface area contributed by atoms with Crippen LogP contribution in [0, 0.1) is 10.1 Å². The Labute approximate surface area is 189 Å². The topological polar surface area (TPSA) is 125 Å². The highest BCUT2D eigenvalue weighted by Gasteiger charge is 2.25. The molecule has 0 spiro atoms. The number of nitro groups is 1. The van der Waals surface area contributed by atoms with Crippen molar-refractivity contribution >= 4 is 23.5 Å². The smallest absolute Gasteiger partial charge is 0.413 e. The highest BCUT2D eigenvalue weighted by Crippen LogP contribution is 2.14. The predicted octanol–water partition coefficient (Wildman–Crippen LogP) is 3.72. The minimum Gasteiger partial charge on any atom is -0.456 e. The van der Waals surface area contributed by atoms with Crippen molar-refractivity contribution in [3.05, 3.63) is 106 Å². The molecule has 1 N–H and O–H groups in total. The largest absolute Gasteiger partial charge is 0.456 e. The van der Waals surface area contributed by atoms with Gasteiger partial charge in [0.1, 0.15) is 11.8 Å². The average Bonchev–Trinajstić information content (AvgIpc) is 2.83. The van der Waals surface area contributed by atoms with Crippen molar-refractivity contribution in [2.24, 2.45) is 0 Å². The SMILES string of the molecule is O=C(N[C@@H](Cc1ccccc1)C(=O)OCC(=O)c1cccc([N+](=O)[O-])c1)Oc1ccccc1. The molecule has 33 heavy (non-hydrogen) atoms. The van der Waals surface area contributed by atoms with E-state index in [1.165, 1.54) is 18.2 Å². The van der Waals surface area contributed by atoms with Gasteiger partial charge in [0.2, 0.25) is 5.78 Å². The number of hydrogen-bond donors (Lipinski definition) is 1. The summed E-state index contributed by atoms with van der Waals surface area (Å²) in [7, 11) is 0. The van der Waals surface area contributed by atoms with Crippen LogP contribution < -0.4 is 10.1 Å². The summed E-state index contributed by atoms with van der Waals surface area (Å²) in [5.41, 5.74) is 0.539. The van der Waals surface area contributed by atoms with Crippen LogP contribution in [0.25, 0.3) is 0 Å². The Morgan fingerprint density at radius 3 is 2.24 bits per heavy atom. The standard InChI is InChI=1S/C24H20N2O7/c27-22(18-10-7-11-19(15-18)26(30)31)16-32-23(28)21(14-17-8-3-1-4-9-17)25-24(29)33-20-12-5-2-6-13-20/h1-13,15,21H,14,16H2,(H,25,29)/t21-/m0/s1. The van der Waals surface area contributed by atoms with Gasteiger partial charge in [-0.15, -0.1) is 0 Å². The van der Waals surface area contributed by atoms with E-state index in [2.05, 4.69) is 5.32 Å². The quantitative estimate of drug-likeness (QED) is 0.229. The third-order valence-corrected chi connectivity index (χ3v) is 4.54. The van der Waals surface area contributed by atoms with Crippen LogP contribution in [-0.2, 0) is 16.0 Å². The summed E-state index contributed by atoms with van der Waals surface area (Å²) in [5.74, 6) is -1.16. The number of carbonyl (C=O) groups excluding carboxylic acids is 3. The van der Waals surface area contributed by atoms with E-state index in [9.17, 15) is 24.5 Å². The molecule has 0 aliphatic heterocycles. The van der Waals surface area contributed by atoms with Gasteiger partial charge >= 0.3 is 12.1 Å². The van der Waals surface area contributed by atoms with Crippen molar-refractivity contribution in [1.29, 1.82) is 0 Å². The number of amides is 1. The molecule has 0 radical (unpaired) electrons. The highest BCUT2D eigenvalue weighted by atomic mass is 16.6. The number of hydrogen-bond acceptors (Lipinski definition) is 7. The molecule has 0 saturated carbocycles. The highest BCUT2D eigenvalue weighted by molar-refractivity contribution is 5.98. The first-order chi connectivity index (χ1) is 15.9. The van der Waals surface area contributed by atoms with Gasteiger partial charge in [0.05, 0.1) is 4.92 Å². The molecule has 0 unspecified atom stereocenters. The van der Waals surface area contributed by atoms with E-state index >= 15 is 0 Å². The lowest BCUT2D eigenvalue weighted by atomic mass is 10.1. The number of ketones is 1. The number of nitrogens with one attached hydrogen (secondary N) is 1. The molecule has 3 aromatic rings. The summed E-state index contributed by atoms with van der Waals surface area (Å²) in [6.07, 6.45) is -0.752. The maximum atomic E-state index is 12.7. The Morgan fingerprint density at radius 2 is 1.58 bits per heavy atom. The number of benzene rings is 3. The van der Waals surface area contributed by atoms with Gasteiger partial charge in [-0.2, -0.15) is 0 Å². The van der Waals surface area contributed by atoms with Gasteiger partial charge < -0.3 is 14.8 Å². The van der Waals surface area contributed by atoms with Crippen molar-refractivity contribution in [3.8, 4) is 5.75 Å². The average molecular weight is 448 g/mol. The summed E-state index contributed by atoms with van der Waals surface area (Å²) >= 11 is 0. The fourth-order valence-corrected chi connectivity index (χ4v) is 2.92. The summed E-state index contributed by atoms with van der Waals surface area (Å²) in [6.45, 7) is -0.638. The molecule has 0 bridgehead atoms. The number of nitrogens with zero attached hydrogens (tertiary/aromatic N) is 1. The van der Waals surface area contributed by atoms with Gasteiger partial charge in [-0.1, -0.05) is 60.7 Å². The first-order valence-electron chi connectivity index (χ1n) is 9.94. The second-order valence-electron chi connectivity index (χ2n) is 6.93. The number of para-hydroxylation sites is 1. The Morgan fingerprint density at radius 1 is 0.909 bits per heavy atom. The number of ether oxygens (including phenoxy) is 2. The molecular formula is C24H20N2O7. The molecule has 0 saturated heterocycles. The van der Waals surface area contributed by atoms with Crippen molar-refractivity contribution in [1.82, 2.24) is 5.32 Å². The number of nitro benzene ring substituents is 1. The zero-order chi connectivity index (χ0) is 23.6. The van der Waals surface area contributed by atoms with Crippen LogP contribution in [0.2, 0.25) is 0 Å². The number of Topliss-reactive ketones (excluding diaryl/α,β-unsaturated/α-hetero) is 1.